The zero-order valence-electron chi connectivity index (χ0n) is 9.72. The Morgan fingerprint density at radius 1 is 1.20 bits per heavy atom. The molecule has 1 aromatic carbocycles. The summed E-state index contributed by atoms with van der Waals surface area (Å²) in [5.41, 5.74) is -0.206. The summed E-state index contributed by atoms with van der Waals surface area (Å²) in [6, 6.07) is 5.81. The number of hydrogen-bond acceptors (Lipinski definition) is 6. The Balaban J connectivity index is 2.28. The summed E-state index contributed by atoms with van der Waals surface area (Å²) in [5, 5.41) is 10.6. The maximum atomic E-state index is 12.0. The van der Waals surface area contributed by atoms with E-state index in [-0.39, 0.29) is 21.7 Å². The highest BCUT2D eigenvalue weighted by Gasteiger charge is 2.17. The highest BCUT2D eigenvalue weighted by molar-refractivity contribution is 7.92. The van der Waals surface area contributed by atoms with E-state index in [4.69, 9.17) is 11.6 Å². The Hall–Kier alpha value is -2.26. The van der Waals surface area contributed by atoms with Crippen molar-refractivity contribution in [3.8, 4) is 0 Å². The van der Waals surface area contributed by atoms with Crippen molar-refractivity contribution in [1.82, 2.24) is 9.97 Å². The molecule has 0 aliphatic heterocycles. The molecule has 0 bridgehead atoms. The van der Waals surface area contributed by atoms with Crippen LogP contribution < -0.4 is 4.72 Å². The Morgan fingerprint density at radius 2 is 1.85 bits per heavy atom. The smallest absolute Gasteiger partial charge is 0.258 e. The fourth-order valence-electron chi connectivity index (χ4n) is 1.31. The number of halogens is 1. The van der Waals surface area contributed by atoms with E-state index in [1.807, 2.05) is 0 Å². The molecule has 0 spiro atoms. The quantitative estimate of drug-likeness (QED) is 0.523. The average molecular weight is 315 g/mol. The molecule has 20 heavy (non-hydrogen) atoms. The second-order valence-corrected chi connectivity index (χ2v) is 5.63. The second-order valence-electron chi connectivity index (χ2n) is 3.56. The fourth-order valence-corrected chi connectivity index (χ4v) is 2.40. The number of non-ortho nitro benzene ring substituents is 1. The number of rotatable bonds is 4. The van der Waals surface area contributed by atoms with Gasteiger partial charge in [-0.3, -0.25) is 10.1 Å². The van der Waals surface area contributed by atoms with E-state index in [9.17, 15) is 18.5 Å². The minimum atomic E-state index is -3.93. The van der Waals surface area contributed by atoms with Gasteiger partial charge < -0.3 is 0 Å². The van der Waals surface area contributed by atoms with Gasteiger partial charge in [-0.2, -0.15) is 0 Å². The van der Waals surface area contributed by atoms with Gasteiger partial charge in [-0.05, 0) is 18.2 Å². The molecule has 8 nitrogen and oxygen atoms in total. The lowest BCUT2D eigenvalue weighted by molar-refractivity contribution is -0.384. The molecule has 0 radical (unpaired) electrons. The van der Waals surface area contributed by atoms with Gasteiger partial charge in [0.15, 0.2) is 0 Å². The lowest BCUT2D eigenvalue weighted by atomic mass is 10.3. The van der Waals surface area contributed by atoms with Crippen LogP contribution in [0.3, 0.4) is 0 Å². The Labute approximate surface area is 118 Å². The van der Waals surface area contributed by atoms with Crippen LogP contribution in [-0.2, 0) is 10.0 Å². The van der Waals surface area contributed by atoms with Gasteiger partial charge in [0.2, 0.25) is 5.95 Å². The lowest BCUT2D eigenvalue weighted by Gasteiger charge is -2.06. The van der Waals surface area contributed by atoms with Crippen LogP contribution in [0, 0.1) is 10.1 Å². The van der Waals surface area contributed by atoms with Crippen LogP contribution >= 0.6 is 11.6 Å². The van der Waals surface area contributed by atoms with Crippen LogP contribution in [0.15, 0.2) is 41.4 Å². The van der Waals surface area contributed by atoms with Gasteiger partial charge in [0, 0.05) is 18.3 Å². The first-order valence-corrected chi connectivity index (χ1v) is 7.00. The summed E-state index contributed by atoms with van der Waals surface area (Å²) in [7, 11) is -3.93. The first-order valence-electron chi connectivity index (χ1n) is 5.14. The fraction of sp³-hybridized carbons (Fsp3) is 0. The van der Waals surface area contributed by atoms with E-state index in [0.29, 0.717) is 0 Å². The number of nitro groups is 1. The van der Waals surface area contributed by atoms with Crippen molar-refractivity contribution in [2.45, 2.75) is 4.90 Å². The first kappa shape index (κ1) is 14.2. The molecule has 0 aliphatic carbocycles. The molecular formula is C10H7ClN4O4S. The molecule has 1 aromatic heterocycles. The predicted molar refractivity (Wildman–Crippen MR) is 70.9 cm³/mol. The molecule has 1 heterocycles. The molecule has 0 fully saturated rings. The van der Waals surface area contributed by atoms with Gasteiger partial charge in [0.05, 0.1) is 9.82 Å². The van der Waals surface area contributed by atoms with E-state index in [1.54, 1.807) is 0 Å². The number of nitrogens with one attached hydrogen (secondary N) is 1. The molecule has 104 valence electrons. The molecule has 10 heteroatoms. The number of sulfonamides is 1. The largest absolute Gasteiger partial charge is 0.269 e. The molecule has 0 unspecified atom stereocenters. The van der Waals surface area contributed by atoms with Crippen molar-refractivity contribution < 1.29 is 13.3 Å². The average Bonchev–Trinajstić information content (AvgIpc) is 2.38. The van der Waals surface area contributed by atoms with E-state index >= 15 is 0 Å². The van der Waals surface area contributed by atoms with Gasteiger partial charge in [0.25, 0.3) is 15.7 Å². The van der Waals surface area contributed by atoms with Crippen LogP contribution in [0.1, 0.15) is 0 Å². The van der Waals surface area contributed by atoms with Gasteiger partial charge >= 0.3 is 0 Å². The standard InChI is InChI=1S/C10H7ClN4O4S/c11-9-5-6-12-10(13-9)14-20(18,19)8-3-1-7(2-4-8)15(16)17/h1-6H,(H,12,13,14). The third-order valence-corrected chi connectivity index (χ3v) is 3.76. The number of nitro benzene ring substituents is 1. The van der Waals surface area contributed by atoms with Gasteiger partial charge in [0.1, 0.15) is 5.15 Å². The number of hydrogen-bond donors (Lipinski definition) is 1. The maximum absolute atomic E-state index is 12.0. The number of nitrogens with zero attached hydrogens (tertiary/aromatic N) is 3. The van der Waals surface area contributed by atoms with Gasteiger partial charge in [-0.15, -0.1) is 0 Å². The van der Waals surface area contributed by atoms with Crippen molar-refractivity contribution in [2.75, 3.05) is 4.72 Å². The normalized spacial score (nSPS) is 11.1. The molecule has 2 aromatic rings. The van der Waals surface area contributed by atoms with Crippen molar-refractivity contribution in [3.63, 3.8) is 0 Å². The second kappa shape index (κ2) is 5.39. The van der Waals surface area contributed by atoms with Crippen LogP contribution in [0.4, 0.5) is 11.6 Å². The number of benzene rings is 1. The summed E-state index contributed by atoms with van der Waals surface area (Å²) >= 11 is 5.61. The van der Waals surface area contributed by atoms with E-state index < -0.39 is 14.9 Å². The predicted octanol–water partition coefficient (Wildman–Crippen LogP) is 1.84. The molecule has 0 saturated heterocycles. The number of aromatic nitrogens is 2. The van der Waals surface area contributed by atoms with Crippen molar-refractivity contribution >= 4 is 33.3 Å². The molecular weight excluding hydrogens is 308 g/mol. The molecule has 2 rings (SSSR count). The molecule has 1 N–H and O–H groups in total. The third-order valence-electron chi connectivity index (χ3n) is 2.21. The zero-order valence-corrected chi connectivity index (χ0v) is 11.3. The number of anilines is 1. The summed E-state index contributed by atoms with van der Waals surface area (Å²) in [5.74, 6) is -0.184. The zero-order chi connectivity index (χ0) is 14.8. The minimum absolute atomic E-state index is 0.0846. The van der Waals surface area contributed by atoms with Gasteiger partial charge in [-0.25, -0.2) is 23.1 Å². The molecule has 0 aliphatic rings. The molecule has 0 amide bonds. The van der Waals surface area contributed by atoms with E-state index in [2.05, 4.69) is 14.7 Å². The maximum Gasteiger partial charge on any atom is 0.269 e. The van der Waals surface area contributed by atoms with Crippen molar-refractivity contribution in [3.05, 3.63) is 51.8 Å². The van der Waals surface area contributed by atoms with Crippen LogP contribution in [0.5, 0.6) is 0 Å². The Bertz CT molecular complexity index is 748. The summed E-state index contributed by atoms with van der Waals surface area (Å²) < 4.78 is 26.1. The highest BCUT2D eigenvalue weighted by Crippen LogP contribution is 2.18. The lowest BCUT2D eigenvalue weighted by Crippen LogP contribution is -2.15. The minimum Gasteiger partial charge on any atom is -0.258 e. The topological polar surface area (TPSA) is 115 Å². The van der Waals surface area contributed by atoms with Crippen LogP contribution in [0.25, 0.3) is 0 Å². The van der Waals surface area contributed by atoms with Gasteiger partial charge in [-0.1, -0.05) is 11.6 Å². The third kappa shape index (κ3) is 3.19. The van der Waals surface area contributed by atoms with E-state index in [1.165, 1.54) is 12.3 Å². The Kier molecular flexibility index (Phi) is 3.81. The summed E-state index contributed by atoms with van der Waals surface area (Å²) in [6.45, 7) is 0. The van der Waals surface area contributed by atoms with E-state index in [0.717, 1.165) is 24.3 Å². The van der Waals surface area contributed by atoms with Crippen LogP contribution in [0.2, 0.25) is 5.15 Å². The summed E-state index contributed by atoms with van der Waals surface area (Å²) in [6.07, 6.45) is 1.29. The Morgan fingerprint density at radius 3 is 2.40 bits per heavy atom. The van der Waals surface area contributed by atoms with Crippen molar-refractivity contribution in [1.29, 1.82) is 0 Å². The molecule has 0 saturated carbocycles. The SMILES string of the molecule is O=[N+]([O-])c1ccc(S(=O)(=O)Nc2nccc(Cl)n2)cc1. The highest BCUT2D eigenvalue weighted by atomic mass is 35.5. The first-order chi connectivity index (χ1) is 9.38. The monoisotopic (exact) mass is 314 g/mol. The van der Waals surface area contributed by atoms with Crippen molar-refractivity contribution in [2.24, 2.45) is 0 Å². The summed E-state index contributed by atoms with van der Waals surface area (Å²) in [4.78, 5) is 17.1. The van der Waals surface area contributed by atoms with Crippen LogP contribution in [-0.4, -0.2) is 23.3 Å². The molecule has 0 atom stereocenters.